The van der Waals surface area contributed by atoms with E-state index < -0.39 is 0 Å². The van der Waals surface area contributed by atoms with Gasteiger partial charge in [0.05, 0.1) is 16.1 Å². The van der Waals surface area contributed by atoms with E-state index in [4.69, 9.17) is 4.98 Å². The number of hydrogen-bond acceptors (Lipinski definition) is 5. The van der Waals surface area contributed by atoms with Crippen molar-refractivity contribution in [3.8, 4) is 5.69 Å². The third kappa shape index (κ3) is 2.46. The first-order valence-corrected chi connectivity index (χ1v) is 8.54. The molecule has 3 heterocycles. The molecule has 6 nitrogen and oxygen atoms in total. The first kappa shape index (κ1) is 14.9. The van der Waals surface area contributed by atoms with Gasteiger partial charge in [-0.1, -0.05) is 29.5 Å². The molecule has 4 rings (SSSR count). The van der Waals surface area contributed by atoms with E-state index >= 15 is 0 Å². The van der Waals surface area contributed by atoms with Crippen molar-refractivity contribution >= 4 is 26.8 Å². The molecule has 0 N–H and O–H groups in total. The molecule has 0 aliphatic carbocycles. The summed E-state index contributed by atoms with van der Waals surface area (Å²) in [6.07, 6.45) is 3.76. The highest BCUT2D eigenvalue weighted by molar-refractivity contribution is 7.22. The quantitative estimate of drug-likeness (QED) is 0.573. The lowest BCUT2D eigenvalue weighted by Gasteiger charge is -2.18. The zero-order valence-corrected chi connectivity index (χ0v) is 14.7. The van der Waals surface area contributed by atoms with Gasteiger partial charge in [0.1, 0.15) is 0 Å². The number of rotatable bonds is 4. The zero-order valence-electron chi connectivity index (χ0n) is 13.8. The Labute approximate surface area is 144 Å². The van der Waals surface area contributed by atoms with Gasteiger partial charge in [-0.2, -0.15) is 10.2 Å². The largest absolute Gasteiger partial charge is 0.347 e. The molecule has 0 radical (unpaired) electrons. The average molecular weight is 338 g/mol. The van der Waals surface area contributed by atoms with Crippen molar-refractivity contribution in [2.45, 2.75) is 13.5 Å². The average Bonchev–Trinajstić information content (AvgIpc) is 3.28. The molecule has 0 aliphatic rings. The van der Waals surface area contributed by atoms with Gasteiger partial charge in [0.25, 0.3) is 0 Å². The van der Waals surface area contributed by atoms with Crippen LogP contribution >= 0.6 is 11.3 Å². The molecule has 0 atom stereocenters. The summed E-state index contributed by atoms with van der Waals surface area (Å²) in [6.45, 7) is 2.79. The molecule has 0 amide bonds. The molecule has 0 bridgehead atoms. The van der Waals surface area contributed by atoms with Crippen LogP contribution in [0.15, 0.2) is 42.7 Å². The molecule has 1 aromatic carbocycles. The normalized spacial score (nSPS) is 11.3. The number of benzene rings is 1. The van der Waals surface area contributed by atoms with Gasteiger partial charge >= 0.3 is 0 Å². The Balaban J connectivity index is 1.66. The summed E-state index contributed by atoms with van der Waals surface area (Å²) < 4.78 is 4.89. The maximum absolute atomic E-state index is 4.74. The number of anilines is 1. The second-order valence-electron chi connectivity index (χ2n) is 5.79. The summed E-state index contributed by atoms with van der Waals surface area (Å²) in [5.74, 6) is 0. The Morgan fingerprint density at radius 2 is 2.04 bits per heavy atom. The minimum Gasteiger partial charge on any atom is -0.347 e. The fraction of sp³-hybridized carbons (Fsp3) is 0.235. The molecule has 4 aromatic rings. The van der Waals surface area contributed by atoms with Crippen LogP contribution in [0.25, 0.3) is 16.0 Å². The van der Waals surface area contributed by atoms with Crippen LogP contribution in [0.5, 0.6) is 0 Å². The molecular weight excluding hydrogens is 320 g/mol. The molecule has 0 saturated heterocycles. The first-order chi connectivity index (χ1) is 11.6. The van der Waals surface area contributed by atoms with E-state index in [1.165, 1.54) is 5.56 Å². The summed E-state index contributed by atoms with van der Waals surface area (Å²) in [5, 5.41) is 9.76. The van der Waals surface area contributed by atoms with Crippen molar-refractivity contribution in [2.24, 2.45) is 7.05 Å². The molecule has 24 heavy (non-hydrogen) atoms. The molecule has 0 spiro atoms. The van der Waals surface area contributed by atoms with Gasteiger partial charge in [0.15, 0.2) is 10.8 Å². The summed E-state index contributed by atoms with van der Waals surface area (Å²) in [4.78, 5) is 6.92. The van der Waals surface area contributed by atoms with E-state index in [0.29, 0.717) is 0 Å². The SMILES string of the molecule is Cc1nn(C)c2nc(N(C)Cc3ccccc3-n3cccn3)sc12. The standard InChI is InChI=1S/C17H18N6S/c1-12-15-16(22(3)20-12)19-17(24-15)21(2)11-13-7-4-5-8-14(13)23-10-6-9-18-23/h4-10H,11H2,1-3H3. The fourth-order valence-electron chi connectivity index (χ4n) is 2.84. The highest BCUT2D eigenvalue weighted by Gasteiger charge is 2.15. The van der Waals surface area contributed by atoms with Crippen LogP contribution in [0.4, 0.5) is 5.13 Å². The highest BCUT2D eigenvalue weighted by atomic mass is 32.1. The van der Waals surface area contributed by atoms with E-state index in [1.807, 2.05) is 41.7 Å². The Kier molecular flexibility index (Phi) is 3.57. The summed E-state index contributed by atoms with van der Waals surface area (Å²) >= 11 is 1.68. The molecular formula is C17H18N6S. The lowest BCUT2D eigenvalue weighted by Crippen LogP contribution is -2.17. The molecule has 0 aliphatic heterocycles. The van der Waals surface area contributed by atoms with E-state index in [0.717, 1.165) is 33.4 Å². The number of thiazole rings is 1. The molecule has 122 valence electrons. The highest BCUT2D eigenvalue weighted by Crippen LogP contribution is 2.31. The third-order valence-corrected chi connectivity index (χ3v) is 5.28. The topological polar surface area (TPSA) is 51.8 Å². The van der Waals surface area contributed by atoms with Gasteiger partial charge in [-0.3, -0.25) is 0 Å². The van der Waals surface area contributed by atoms with Crippen molar-refractivity contribution < 1.29 is 0 Å². The Hall–Kier alpha value is -2.67. The van der Waals surface area contributed by atoms with Crippen molar-refractivity contribution in [1.29, 1.82) is 0 Å². The van der Waals surface area contributed by atoms with Crippen LogP contribution < -0.4 is 4.90 Å². The lowest BCUT2D eigenvalue weighted by atomic mass is 10.1. The summed E-state index contributed by atoms with van der Waals surface area (Å²) in [6, 6.07) is 10.2. The van der Waals surface area contributed by atoms with Crippen LogP contribution in [0.3, 0.4) is 0 Å². The minimum absolute atomic E-state index is 0.766. The number of para-hydroxylation sites is 1. The van der Waals surface area contributed by atoms with Gasteiger partial charge in [-0.15, -0.1) is 0 Å². The minimum atomic E-state index is 0.766. The van der Waals surface area contributed by atoms with Crippen molar-refractivity contribution in [3.63, 3.8) is 0 Å². The van der Waals surface area contributed by atoms with Gasteiger partial charge in [0, 0.05) is 33.0 Å². The molecule has 0 unspecified atom stereocenters. The van der Waals surface area contributed by atoms with Crippen molar-refractivity contribution in [2.75, 3.05) is 11.9 Å². The summed E-state index contributed by atoms with van der Waals surface area (Å²) in [7, 11) is 4.01. The molecule has 0 fully saturated rings. The van der Waals surface area contributed by atoms with E-state index in [-0.39, 0.29) is 0 Å². The van der Waals surface area contributed by atoms with E-state index in [2.05, 4.69) is 40.3 Å². The molecule has 3 aromatic heterocycles. The smallest absolute Gasteiger partial charge is 0.188 e. The van der Waals surface area contributed by atoms with E-state index in [9.17, 15) is 0 Å². The number of aromatic nitrogens is 5. The second-order valence-corrected chi connectivity index (χ2v) is 6.77. The predicted octanol–water partition coefficient (Wildman–Crippen LogP) is 3.16. The van der Waals surface area contributed by atoms with Crippen LogP contribution in [-0.4, -0.2) is 31.6 Å². The maximum Gasteiger partial charge on any atom is 0.188 e. The van der Waals surface area contributed by atoms with Gasteiger partial charge < -0.3 is 4.90 Å². The molecule has 7 heteroatoms. The number of nitrogens with zero attached hydrogens (tertiary/aromatic N) is 6. The van der Waals surface area contributed by atoms with Crippen LogP contribution in [0, 0.1) is 6.92 Å². The Morgan fingerprint density at radius 3 is 2.79 bits per heavy atom. The molecule has 0 saturated carbocycles. The third-order valence-electron chi connectivity index (χ3n) is 4.01. The number of aryl methyl sites for hydroxylation is 2. The van der Waals surface area contributed by atoms with Gasteiger partial charge in [-0.25, -0.2) is 14.3 Å². The van der Waals surface area contributed by atoms with Crippen molar-refractivity contribution in [3.05, 3.63) is 54.0 Å². The first-order valence-electron chi connectivity index (χ1n) is 7.72. The van der Waals surface area contributed by atoms with Crippen LogP contribution in [0.1, 0.15) is 11.3 Å². The number of hydrogen-bond donors (Lipinski definition) is 0. The summed E-state index contributed by atoms with van der Waals surface area (Å²) in [5.41, 5.74) is 4.27. The predicted molar refractivity (Wildman–Crippen MR) is 96.8 cm³/mol. The lowest BCUT2D eigenvalue weighted by molar-refractivity contribution is 0.772. The van der Waals surface area contributed by atoms with E-state index in [1.54, 1.807) is 17.5 Å². The van der Waals surface area contributed by atoms with Crippen LogP contribution in [0.2, 0.25) is 0 Å². The van der Waals surface area contributed by atoms with Gasteiger partial charge in [0.2, 0.25) is 0 Å². The Morgan fingerprint density at radius 1 is 1.21 bits per heavy atom. The maximum atomic E-state index is 4.74. The monoisotopic (exact) mass is 338 g/mol. The van der Waals surface area contributed by atoms with Crippen molar-refractivity contribution in [1.82, 2.24) is 24.5 Å². The van der Waals surface area contributed by atoms with Crippen LogP contribution in [-0.2, 0) is 13.6 Å². The zero-order chi connectivity index (χ0) is 16.7. The second kappa shape index (κ2) is 5.76. The fourth-order valence-corrected chi connectivity index (χ4v) is 3.83. The van der Waals surface area contributed by atoms with Gasteiger partial charge in [-0.05, 0) is 24.6 Å². The number of fused-ring (bicyclic) bond motifs is 1. The Bertz CT molecular complexity index is 948.